The summed E-state index contributed by atoms with van der Waals surface area (Å²) in [5.41, 5.74) is -0.814. The molecule has 0 radical (unpaired) electrons. The standard InChI is InChI=1S/C14H9ClF3NO3/c15-12-5-4-11(7-13(12)19(20)21)22-8-9-2-1-3-10(6-9)14(16,17)18/h1-7H,8H2. The molecule has 0 atom stereocenters. The molecule has 0 saturated heterocycles. The fourth-order valence-electron chi connectivity index (χ4n) is 1.73. The topological polar surface area (TPSA) is 52.4 Å². The van der Waals surface area contributed by atoms with Gasteiger partial charge in [-0.3, -0.25) is 10.1 Å². The average Bonchev–Trinajstić information content (AvgIpc) is 2.45. The summed E-state index contributed by atoms with van der Waals surface area (Å²) in [4.78, 5) is 10.1. The van der Waals surface area contributed by atoms with E-state index in [0.29, 0.717) is 5.56 Å². The van der Waals surface area contributed by atoms with Gasteiger partial charge in [0.05, 0.1) is 16.6 Å². The largest absolute Gasteiger partial charge is 0.489 e. The molecule has 0 unspecified atom stereocenters. The van der Waals surface area contributed by atoms with E-state index in [0.717, 1.165) is 18.2 Å². The van der Waals surface area contributed by atoms with Crippen LogP contribution in [0.5, 0.6) is 5.75 Å². The number of hydrogen-bond donors (Lipinski definition) is 0. The summed E-state index contributed by atoms with van der Waals surface area (Å²) in [7, 11) is 0. The molecule has 8 heteroatoms. The normalized spacial score (nSPS) is 11.3. The van der Waals surface area contributed by atoms with Gasteiger partial charge in [0, 0.05) is 0 Å². The first kappa shape index (κ1) is 16.1. The maximum absolute atomic E-state index is 12.6. The summed E-state index contributed by atoms with van der Waals surface area (Å²) in [5.74, 6) is 0.147. The maximum Gasteiger partial charge on any atom is 0.416 e. The van der Waals surface area contributed by atoms with Gasteiger partial charge in [0.15, 0.2) is 0 Å². The first-order valence-electron chi connectivity index (χ1n) is 6.00. The summed E-state index contributed by atoms with van der Waals surface area (Å²) in [6.07, 6.45) is -4.44. The van der Waals surface area contributed by atoms with Crippen molar-refractivity contribution < 1.29 is 22.8 Å². The molecule has 2 aromatic rings. The molecule has 2 aromatic carbocycles. The lowest BCUT2D eigenvalue weighted by molar-refractivity contribution is -0.384. The highest BCUT2D eigenvalue weighted by Gasteiger charge is 2.30. The number of nitro benzene ring substituents is 1. The number of rotatable bonds is 4. The zero-order chi connectivity index (χ0) is 16.3. The molecule has 0 amide bonds. The van der Waals surface area contributed by atoms with Gasteiger partial charge in [0.2, 0.25) is 0 Å². The second kappa shape index (κ2) is 6.23. The van der Waals surface area contributed by atoms with Crippen LogP contribution in [0.15, 0.2) is 42.5 Å². The zero-order valence-electron chi connectivity index (χ0n) is 10.9. The third kappa shape index (κ3) is 3.88. The van der Waals surface area contributed by atoms with Gasteiger partial charge >= 0.3 is 6.18 Å². The molecule has 0 heterocycles. The molecule has 116 valence electrons. The van der Waals surface area contributed by atoms with Gasteiger partial charge in [-0.05, 0) is 29.8 Å². The lowest BCUT2D eigenvalue weighted by Gasteiger charge is -2.10. The third-order valence-corrected chi connectivity index (χ3v) is 3.09. The van der Waals surface area contributed by atoms with Crippen molar-refractivity contribution in [1.82, 2.24) is 0 Å². The quantitative estimate of drug-likeness (QED) is 0.594. The molecular weight excluding hydrogens is 323 g/mol. The Morgan fingerprint density at radius 3 is 2.55 bits per heavy atom. The van der Waals surface area contributed by atoms with E-state index < -0.39 is 16.7 Å². The Morgan fingerprint density at radius 1 is 1.18 bits per heavy atom. The summed E-state index contributed by atoms with van der Waals surface area (Å²) in [5, 5.41) is 10.7. The van der Waals surface area contributed by atoms with Crippen molar-refractivity contribution in [1.29, 1.82) is 0 Å². The van der Waals surface area contributed by atoms with E-state index in [1.54, 1.807) is 0 Å². The molecule has 0 N–H and O–H groups in total. The van der Waals surface area contributed by atoms with E-state index in [-0.39, 0.29) is 23.1 Å². The molecule has 0 saturated carbocycles. The highest BCUT2D eigenvalue weighted by molar-refractivity contribution is 6.32. The minimum absolute atomic E-state index is 0.0450. The number of nitro groups is 1. The minimum atomic E-state index is -4.44. The van der Waals surface area contributed by atoms with Crippen molar-refractivity contribution in [2.24, 2.45) is 0 Å². The number of alkyl halides is 3. The highest BCUT2D eigenvalue weighted by atomic mass is 35.5. The zero-order valence-corrected chi connectivity index (χ0v) is 11.7. The first-order chi connectivity index (χ1) is 10.3. The van der Waals surface area contributed by atoms with Gasteiger partial charge in [0.25, 0.3) is 5.69 Å². The van der Waals surface area contributed by atoms with Crippen LogP contribution in [-0.2, 0) is 12.8 Å². The van der Waals surface area contributed by atoms with Crippen LogP contribution < -0.4 is 4.74 Å². The molecule has 0 bridgehead atoms. The number of nitrogens with zero attached hydrogens (tertiary/aromatic N) is 1. The van der Waals surface area contributed by atoms with Crippen LogP contribution in [0.3, 0.4) is 0 Å². The molecular formula is C14H9ClF3NO3. The number of benzene rings is 2. The summed E-state index contributed by atoms with van der Waals surface area (Å²) >= 11 is 5.66. The predicted molar refractivity (Wildman–Crippen MR) is 73.9 cm³/mol. The molecule has 0 spiro atoms. The lowest BCUT2D eigenvalue weighted by Crippen LogP contribution is -2.06. The Kier molecular flexibility index (Phi) is 4.56. The first-order valence-corrected chi connectivity index (χ1v) is 6.38. The van der Waals surface area contributed by atoms with Crippen LogP contribution in [0.1, 0.15) is 11.1 Å². The van der Waals surface area contributed by atoms with Crippen LogP contribution in [-0.4, -0.2) is 4.92 Å². The van der Waals surface area contributed by atoms with Crippen molar-refractivity contribution in [3.63, 3.8) is 0 Å². The molecule has 0 aliphatic carbocycles. The van der Waals surface area contributed by atoms with Crippen molar-refractivity contribution in [2.75, 3.05) is 0 Å². The molecule has 0 fully saturated rings. The van der Waals surface area contributed by atoms with E-state index in [1.807, 2.05) is 0 Å². The number of halogens is 4. The van der Waals surface area contributed by atoms with Gasteiger partial charge in [-0.25, -0.2) is 0 Å². The molecule has 4 nitrogen and oxygen atoms in total. The van der Waals surface area contributed by atoms with Crippen LogP contribution in [0.25, 0.3) is 0 Å². The van der Waals surface area contributed by atoms with E-state index >= 15 is 0 Å². The Balaban J connectivity index is 2.14. The van der Waals surface area contributed by atoms with Gasteiger partial charge in [-0.1, -0.05) is 23.7 Å². The van der Waals surface area contributed by atoms with Crippen molar-refractivity contribution >= 4 is 17.3 Å². The van der Waals surface area contributed by atoms with E-state index in [1.165, 1.54) is 24.3 Å². The lowest BCUT2D eigenvalue weighted by atomic mass is 10.1. The summed E-state index contributed by atoms with van der Waals surface area (Å²) in [6, 6.07) is 8.48. The predicted octanol–water partition coefficient (Wildman–Crippen LogP) is 4.85. The number of hydrogen-bond acceptors (Lipinski definition) is 3. The molecule has 0 aliphatic heterocycles. The second-order valence-electron chi connectivity index (χ2n) is 4.36. The van der Waals surface area contributed by atoms with E-state index in [9.17, 15) is 23.3 Å². The summed E-state index contributed by atoms with van der Waals surface area (Å²) in [6.45, 7) is -0.150. The average molecular weight is 332 g/mol. The second-order valence-corrected chi connectivity index (χ2v) is 4.76. The molecule has 0 aromatic heterocycles. The van der Waals surface area contributed by atoms with Crippen LogP contribution >= 0.6 is 11.6 Å². The van der Waals surface area contributed by atoms with Gasteiger partial charge in [0.1, 0.15) is 17.4 Å². The fraction of sp³-hybridized carbons (Fsp3) is 0.143. The smallest absolute Gasteiger partial charge is 0.416 e. The van der Waals surface area contributed by atoms with Crippen molar-refractivity contribution in [3.8, 4) is 5.75 Å². The van der Waals surface area contributed by atoms with Crippen molar-refractivity contribution in [3.05, 3.63) is 68.7 Å². The SMILES string of the molecule is O=[N+]([O-])c1cc(OCc2cccc(C(F)(F)F)c2)ccc1Cl. The Hall–Kier alpha value is -2.28. The number of ether oxygens (including phenoxy) is 1. The fourth-order valence-corrected chi connectivity index (χ4v) is 1.91. The van der Waals surface area contributed by atoms with Crippen molar-refractivity contribution in [2.45, 2.75) is 12.8 Å². The summed E-state index contributed by atoms with van der Waals surface area (Å²) < 4.78 is 43.0. The minimum Gasteiger partial charge on any atom is -0.489 e. The Labute approximate surface area is 128 Å². The third-order valence-electron chi connectivity index (χ3n) is 2.77. The van der Waals surface area contributed by atoms with Crippen LogP contribution in [0, 0.1) is 10.1 Å². The monoisotopic (exact) mass is 331 g/mol. The molecule has 22 heavy (non-hydrogen) atoms. The van der Waals surface area contributed by atoms with Gasteiger partial charge < -0.3 is 4.74 Å². The highest BCUT2D eigenvalue weighted by Crippen LogP contribution is 2.31. The maximum atomic E-state index is 12.6. The van der Waals surface area contributed by atoms with Gasteiger partial charge in [-0.15, -0.1) is 0 Å². The van der Waals surface area contributed by atoms with Crippen LogP contribution in [0.4, 0.5) is 18.9 Å². The van der Waals surface area contributed by atoms with Crippen LogP contribution in [0.2, 0.25) is 5.02 Å². The molecule has 2 rings (SSSR count). The van der Waals surface area contributed by atoms with Gasteiger partial charge in [-0.2, -0.15) is 13.2 Å². The van der Waals surface area contributed by atoms with E-state index in [4.69, 9.17) is 16.3 Å². The molecule has 0 aliphatic rings. The Morgan fingerprint density at radius 2 is 1.91 bits per heavy atom. The van der Waals surface area contributed by atoms with E-state index in [2.05, 4.69) is 0 Å². The Bertz CT molecular complexity index is 704.